The summed E-state index contributed by atoms with van der Waals surface area (Å²) >= 11 is 0. The third kappa shape index (κ3) is 8.66. The fourth-order valence-electron chi connectivity index (χ4n) is 8.53. The number of fused-ring (bicyclic) bond motifs is 1. The number of hydrogen-bond donors (Lipinski definition) is 4. The van der Waals surface area contributed by atoms with E-state index in [2.05, 4.69) is 37.4 Å². The zero-order chi connectivity index (χ0) is 42.2. The van der Waals surface area contributed by atoms with Gasteiger partial charge in [-0.1, -0.05) is 24.3 Å². The number of aliphatic hydroxyl groups is 1. The van der Waals surface area contributed by atoms with Gasteiger partial charge in [0.05, 0.1) is 24.7 Å². The molecule has 0 spiro atoms. The summed E-state index contributed by atoms with van der Waals surface area (Å²) in [7, 11) is 0. The number of allylic oxidation sites excluding steroid dienone is 1. The van der Waals surface area contributed by atoms with E-state index in [-0.39, 0.29) is 36.9 Å². The van der Waals surface area contributed by atoms with Crippen LogP contribution in [0.3, 0.4) is 0 Å². The number of hydrogen-bond acceptors (Lipinski definition) is 11. The molecule has 2 aromatic carbocycles. The van der Waals surface area contributed by atoms with Crippen molar-refractivity contribution in [3.8, 4) is 5.82 Å². The third-order valence-electron chi connectivity index (χ3n) is 11.7. The first-order valence-corrected chi connectivity index (χ1v) is 20.5. The molecule has 2 atom stereocenters. The fourth-order valence-corrected chi connectivity index (χ4v) is 8.53. The van der Waals surface area contributed by atoms with Crippen LogP contribution in [0.4, 0.5) is 31.8 Å². The molecule has 0 radical (unpaired) electrons. The predicted molar refractivity (Wildman–Crippen MR) is 226 cm³/mol. The van der Waals surface area contributed by atoms with Gasteiger partial charge in [0.2, 0.25) is 17.8 Å². The molecule has 0 bridgehead atoms. The highest BCUT2D eigenvalue weighted by atomic mass is 19.3. The second-order valence-corrected chi connectivity index (χ2v) is 16.6. The smallest absolute Gasteiger partial charge is 0.278 e. The standard InChI is InChI=1S/C44H50F2N10O4/c1-4-21-55-41(59)33-25-47-42(52-39(33)56(55)37-7-5-6-36(50-37)43(2,3)60)49-31-12-14-32(15-13-31)54-23-18-28(19-24-54)26-53-22-20-34(44(45,46)27-53)29-8-10-30(11-9-29)48-35-16-17-38(57)51-40(35)58/h4-15,25,28,34-35,48,60H,1,16-24,26-27H2,2-3H3,(H,47,49,52)(H,51,57,58). The van der Waals surface area contributed by atoms with Gasteiger partial charge in [0.1, 0.15) is 17.0 Å². The number of carbonyl (C=O) groups excluding carboxylic acids is 2. The number of aromatic nitrogens is 5. The topological polar surface area (TPSA) is 163 Å². The molecule has 3 saturated heterocycles. The molecule has 5 aromatic rings. The van der Waals surface area contributed by atoms with E-state index in [1.165, 1.54) is 10.9 Å². The van der Waals surface area contributed by atoms with Crippen molar-refractivity contribution in [3.63, 3.8) is 0 Å². The van der Waals surface area contributed by atoms with Crippen LogP contribution >= 0.6 is 0 Å². The summed E-state index contributed by atoms with van der Waals surface area (Å²) < 4.78 is 34.4. The molecule has 3 aliphatic rings. The van der Waals surface area contributed by atoms with Gasteiger partial charge in [0.25, 0.3) is 11.5 Å². The van der Waals surface area contributed by atoms with E-state index in [1.807, 2.05) is 29.2 Å². The Kier molecular flexibility index (Phi) is 11.3. The number of piperidine rings is 3. The van der Waals surface area contributed by atoms with E-state index in [9.17, 15) is 19.5 Å². The largest absolute Gasteiger partial charge is 0.384 e. The van der Waals surface area contributed by atoms with E-state index in [0.29, 0.717) is 71.6 Å². The van der Waals surface area contributed by atoms with Crippen LogP contribution in [0.5, 0.6) is 0 Å². The Morgan fingerprint density at radius 2 is 1.68 bits per heavy atom. The molecule has 2 unspecified atom stereocenters. The van der Waals surface area contributed by atoms with Crippen LogP contribution in [0, 0.1) is 5.92 Å². The lowest BCUT2D eigenvalue weighted by atomic mass is 9.85. The van der Waals surface area contributed by atoms with E-state index in [1.54, 1.807) is 67.1 Å². The van der Waals surface area contributed by atoms with E-state index in [0.717, 1.165) is 37.3 Å². The normalized spacial score (nSPS) is 20.2. The summed E-state index contributed by atoms with van der Waals surface area (Å²) in [6.45, 7) is 9.94. The summed E-state index contributed by atoms with van der Waals surface area (Å²) in [5, 5.41) is 19.6. The van der Waals surface area contributed by atoms with Crippen LogP contribution < -0.4 is 26.4 Å². The molecule has 3 aliphatic heterocycles. The molecule has 8 rings (SSSR count). The lowest BCUT2D eigenvalue weighted by Gasteiger charge is -2.41. The van der Waals surface area contributed by atoms with Crippen molar-refractivity contribution < 1.29 is 23.5 Å². The highest BCUT2D eigenvalue weighted by Gasteiger charge is 2.45. The van der Waals surface area contributed by atoms with Crippen LogP contribution in [0.25, 0.3) is 16.9 Å². The number of nitrogens with one attached hydrogen (secondary N) is 3. The molecule has 60 heavy (non-hydrogen) atoms. The number of pyridine rings is 1. The van der Waals surface area contributed by atoms with Crippen LogP contribution in [-0.2, 0) is 21.7 Å². The van der Waals surface area contributed by atoms with Crippen LogP contribution in [0.1, 0.15) is 63.1 Å². The molecular formula is C44H50F2N10O4. The molecule has 14 nitrogen and oxygen atoms in total. The maximum Gasteiger partial charge on any atom is 0.278 e. The first kappa shape index (κ1) is 40.8. The lowest BCUT2D eigenvalue weighted by Crippen LogP contribution is -2.49. The quantitative estimate of drug-likeness (QED) is 0.0904. The van der Waals surface area contributed by atoms with Gasteiger partial charge in [0.15, 0.2) is 11.5 Å². The van der Waals surface area contributed by atoms with Crippen LogP contribution in [-0.4, -0.2) is 90.8 Å². The Morgan fingerprint density at radius 1 is 0.950 bits per heavy atom. The Labute approximate surface area is 346 Å². The zero-order valence-corrected chi connectivity index (χ0v) is 33.8. The number of rotatable bonds is 12. The minimum Gasteiger partial charge on any atom is -0.384 e. The summed E-state index contributed by atoms with van der Waals surface area (Å²) in [5.41, 5.74) is 2.40. The Hall–Kier alpha value is -6.00. The molecule has 0 saturated carbocycles. The molecule has 3 aromatic heterocycles. The number of imide groups is 1. The highest BCUT2D eigenvalue weighted by Crippen LogP contribution is 2.41. The maximum absolute atomic E-state index is 15.6. The first-order chi connectivity index (χ1) is 28.8. The van der Waals surface area contributed by atoms with Gasteiger partial charge >= 0.3 is 0 Å². The summed E-state index contributed by atoms with van der Waals surface area (Å²) in [6.07, 6.45) is 5.94. The summed E-state index contributed by atoms with van der Waals surface area (Å²) in [6, 6.07) is 19.6. The SMILES string of the molecule is C=CCn1c(=O)c2cnc(Nc3ccc(N4CCC(CN5CCC(c6ccc(NC7CCC(=O)NC7=O)cc6)C(F)(F)C5)CC4)cc3)nc2n1-c1cccc(C(C)(C)O)n1. The zero-order valence-electron chi connectivity index (χ0n) is 33.8. The van der Waals surface area contributed by atoms with Gasteiger partial charge in [-0.2, -0.15) is 4.98 Å². The molecule has 3 fully saturated rings. The van der Waals surface area contributed by atoms with Gasteiger partial charge in [-0.3, -0.25) is 24.6 Å². The molecule has 0 aliphatic carbocycles. The average Bonchev–Trinajstić information content (AvgIpc) is 3.49. The van der Waals surface area contributed by atoms with E-state index < -0.39 is 23.5 Å². The van der Waals surface area contributed by atoms with Gasteiger partial charge in [-0.15, -0.1) is 6.58 Å². The monoisotopic (exact) mass is 820 g/mol. The van der Waals surface area contributed by atoms with Crippen LogP contribution in [0.2, 0.25) is 0 Å². The number of likely N-dealkylation sites (tertiary alicyclic amines) is 1. The Morgan fingerprint density at radius 3 is 2.37 bits per heavy atom. The van der Waals surface area contributed by atoms with E-state index in [4.69, 9.17) is 4.98 Å². The minimum absolute atomic E-state index is 0.215. The van der Waals surface area contributed by atoms with Gasteiger partial charge in [0, 0.05) is 49.3 Å². The van der Waals surface area contributed by atoms with E-state index >= 15 is 8.78 Å². The Balaban J connectivity index is 0.853. The van der Waals surface area contributed by atoms with Crippen LogP contribution in [0.15, 0.2) is 90.4 Å². The molecular weight excluding hydrogens is 771 g/mol. The minimum atomic E-state index is -2.87. The number of benzene rings is 2. The van der Waals surface area contributed by atoms with Crippen molar-refractivity contribution in [2.24, 2.45) is 5.92 Å². The van der Waals surface area contributed by atoms with Gasteiger partial charge in [-0.05, 0) is 106 Å². The Bertz CT molecular complexity index is 2440. The fraction of sp³-hybridized carbons (Fsp3) is 0.409. The van der Waals surface area contributed by atoms with Gasteiger partial charge in [-0.25, -0.2) is 28.1 Å². The van der Waals surface area contributed by atoms with Crippen molar-refractivity contribution in [1.82, 2.24) is 34.5 Å². The second kappa shape index (κ2) is 16.6. The molecule has 2 amide bonds. The van der Waals surface area contributed by atoms with Crippen molar-refractivity contribution in [3.05, 3.63) is 107 Å². The number of amides is 2. The molecule has 6 heterocycles. The number of carbonyl (C=O) groups is 2. The van der Waals surface area contributed by atoms with Crippen molar-refractivity contribution in [2.75, 3.05) is 48.3 Å². The van der Waals surface area contributed by atoms with Crippen molar-refractivity contribution in [2.45, 2.75) is 76.0 Å². The lowest BCUT2D eigenvalue weighted by molar-refractivity contribution is -0.133. The van der Waals surface area contributed by atoms with Gasteiger partial charge < -0.3 is 20.6 Å². The first-order valence-electron chi connectivity index (χ1n) is 20.5. The molecule has 4 N–H and O–H groups in total. The predicted octanol–water partition coefficient (Wildman–Crippen LogP) is 5.69. The molecule has 16 heteroatoms. The number of halogens is 2. The van der Waals surface area contributed by atoms with Crippen molar-refractivity contribution in [1.29, 1.82) is 0 Å². The number of nitrogens with zero attached hydrogens (tertiary/aromatic N) is 7. The number of anilines is 4. The number of alkyl halides is 2. The summed E-state index contributed by atoms with van der Waals surface area (Å²) in [4.78, 5) is 55.0. The van der Waals surface area contributed by atoms with Crippen molar-refractivity contribution >= 4 is 45.9 Å². The molecule has 314 valence electrons. The average molecular weight is 821 g/mol. The third-order valence-corrected chi connectivity index (χ3v) is 11.7. The second-order valence-electron chi connectivity index (χ2n) is 16.6. The summed E-state index contributed by atoms with van der Waals surface area (Å²) in [5.74, 6) is -3.36. The maximum atomic E-state index is 15.6. The highest BCUT2D eigenvalue weighted by molar-refractivity contribution is 6.01.